The summed E-state index contributed by atoms with van der Waals surface area (Å²) in [5.74, 6) is 0.915. The summed E-state index contributed by atoms with van der Waals surface area (Å²) in [7, 11) is -3.25. The molecule has 0 N–H and O–H groups in total. The molecule has 2 aliphatic rings. The van der Waals surface area contributed by atoms with Crippen LogP contribution in [-0.2, 0) is 10.0 Å². The quantitative estimate of drug-likeness (QED) is 0.612. The first-order valence-corrected chi connectivity index (χ1v) is 12.2. The zero-order valence-electron chi connectivity index (χ0n) is 17.5. The van der Waals surface area contributed by atoms with Gasteiger partial charge in [-0.1, -0.05) is 6.07 Å². The average Bonchev–Trinajstić information content (AvgIpc) is 3.56. The molecule has 0 radical (unpaired) electrons. The number of carbonyl (C=O) groups excluding carboxylic acids is 1. The highest BCUT2D eigenvalue weighted by molar-refractivity contribution is 7.88. The van der Waals surface area contributed by atoms with Gasteiger partial charge in [-0.05, 0) is 38.0 Å². The fourth-order valence-corrected chi connectivity index (χ4v) is 4.92. The first-order chi connectivity index (χ1) is 14.8. The second-order valence-corrected chi connectivity index (χ2v) is 10.2. The Morgan fingerprint density at radius 3 is 2.48 bits per heavy atom. The second-order valence-electron chi connectivity index (χ2n) is 8.21. The molecule has 9 nitrogen and oxygen atoms in total. The van der Waals surface area contributed by atoms with Crippen molar-refractivity contribution < 1.29 is 13.2 Å². The highest BCUT2D eigenvalue weighted by Crippen LogP contribution is 2.41. The number of rotatable bonds is 4. The van der Waals surface area contributed by atoms with Crippen molar-refractivity contribution in [1.29, 1.82) is 0 Å². The van der Waals surface area contributed by atoms with E-state index in [1.165, 1.54) is 10.6 Å². The Labute approximate surface area is 180 Å². The number of amides is 1. The molecule has 1 amide bonds. The molecule has 1 aliphatic carbocycles. The molecule has 2 fully saturated rings. The Morgan fingerprint density at radius 1 is 1.13 bits per heavy atom. The third-order valence-electron chi connectivity index (χ3n) is 5.92. The van der Waals surface area contributed by atoms with Crippen molar-refractivity contribution >= 4 is 27.0 Å². The van der Waals surface area contributed by atoms with E-state index in [4.69, 9.17) is 4.98 Å². The Kier molecular flexibility index (Phi) is 4.78. The van der Waals surface area contributed by atoms with Crippen LogP contribution in [0.5, 0.6) is 0 Å². The first-order valence-electron chi connectivity index (χ1n) is 10.4. The molecular weight excluding hydrogens is 416 g/mol. The number of hydrogen-bond acceptors (Lipinski definition) is 6. The maximum absolute atomic E-state index is 13.5. The normalized spacial score (nSPS) is 17.9. The molecule has 1 saturated carbocycles. The predicted molar refractivity (Wildman–Crippen MR) is 116 cm³/mol. The number of hydrogen-bond donors (Lipinski definition) is 0. The minimum atomic E-state index is -3.25. The lowest BCUT2D eigenvalue weighted by Crippen LogP contribution is -2.50. The molecule has 0 unspecified atom stereocenters. The van der Waals surface area contributed by atoms with E-state index in [-0.39, 0.29) is 5.91 Å². The van der Waals surface area contributed by atoms with Crippen molar-refractivity contribution in [2.45, 2.75) is 25.7 Å². The van der Waals surface area contributed by atoms with Gasteiger partial charge in [0.1, 0.15) is 0 Å². The van der Waals surface area contributed by atoms with Gasteiger partial charge in [-0.2, -0.15) is 14.1 Å². The van der Waals surface area contributed by atoms with Gasteiger partial charge in [-0.15, -0.1) is 0 Å². The van der Waals surface area contributed by atoms with Crippen LogP contribution in [0.4, 0.5) is 0 Å². The molecule has 5 rings (SSSR count). The van der Waals surface area contributed by atoms with Gasteiger partial charge in [-0.3, -0.25) is 4.79 Å². The van der Waals surface area contributed by atoms with E-state index < -0.39 is 10.0 Å². The van der Waals surface area contributed by atoms with Crippen LogP contribution >= 0.6 is 0 Å². The maximum atomic E-state index is 13.5. The molecule has 0 aromatic carbocycles. The fraction of sp³-hybridized carbons (Fsp3) is 0.429. The number of pyridine rings is 2. The molecule has 0 atom stereocenters. The van der Waals surface area contributed by atoms with E-state index in [1.54, 1.807) is 15.8 Å². The lowest BCUT2D eigenvalue weighted by Gasteiger charge is -2.33. The summed E-state index contributed by atoms with van der Waals surface area (Å²) < 4.78 is 26.7. The third-order valence-corrected chi connectivity index (χ3v) is 7.22. The summed E-state index contributed by atoms with van der Waals surface area (Å²) >= 11 is 0. The predicted octanol–water partition coefficient (Wildman–Crippen LogP) is 1.72. The first kappa shape index (κ1) is 20.1. The van der Waals surface area contributed by atoms with Crippen LogP contribution in [0.15, 0.2) is 30.5 Å². The number of fused-ring (bicyclic) bond motifs is 1. The molecule has 31 heavy (non-hydrogen) atoms. The smallest absolute Gasteiger partial charge is 0.254 e. The van der Waals surface area contributed by atoms with Crippen LogP contribution in [0, 0.1) is 6.92 Å². The molecule has 4 heterocycles. The van der Waals surface area contributed by atoms with E-state index in [9.17, 15) is 13.2 Å². The lowest BCUT2D eigenvalue weighted by molar-refractivity contribution is 0.0700. The van der Waals surface area contributed by atoms with Crippen molar-refractivity contribution in [3.63, 3.8) is 0 Å². The van der Waals surface area contributed by atoms with Crippen LogP contribution in [0.25, 0.3) is 16.9 Å². The van der Waals surface area contributed by atoms with Crippen LogP contribution in [0.3, 0.4) is 0 Å². The van der Waals surface area contributed by atoms with Gasteiger partial charge in [0, 0.05) is 44.0 Å². The summed E-state index contributed by atoms with van der Waals surface area (Å²) in [5.41, 5.74) is 2.84. The van der Waals surface area contributed by atoms with E-state index in [2.05, 4.69) is 10.1 Å². The minimum Gasteiger partial charge on any atom is -0.336 e. The number of sulfonamides is 1. The minimum absolute atomic E-state index is 0.105. The molecule has 10 heteroatoms. The van der Waals surface area contributed by atoms with Crippen molar-refractivity contribution in [3.05, 3.63) is 47.4 Å². The van der Waals surface area contributed by atoms with E-state index in [0.29, 0.717) is 54.8 Å². The van der Waals surface area contributed by atoms with Crippen molar-refractivity contribution in [2.24, 2.45) is 0 Å². The van der Waals surface area contributed by atoms with Gasteiger partial charge in [-0.25, -0.2) is 18.4 Å². The summed E-state index contributed by atoms with van der Waals surface area (Å²) in [6.45, 7) is 3.21. The Balaban J connectivity index is 1.57. The van der Waals surface area contributed by atoms with Gasteiger partial charge >= 0.3 is 0 Å². The maximum Gasteiger partial charge on any atom is 0.254 e. The monoisotopic (exact) mass is 440 g/mol. The number of aromatic nitrogens is 4. The van der Waals surface area contributed by atoms with Gasteiger partial charge in [0.2, 0.25) is 10.0 Å². The van der Waals surface area contributed by atoms with Crippen molar-refractivity contribution in [1.82, 2.24) is 29.0 Å². The summed E-state index contributed by atoms with van der Waals surface area (Å²) in [6, 6.07) is 7.51. The Morgan fingerprint density at radius 2 is 1.87 bits per heavy atom. The highest BCUT2D eigenvalue weighted by atomic mass is 32.2. The molecule has 3 aromatic heterocycles. The van der Waals surface area contributed by atoms with Crippen molar-refractivity contribution in [3.8, 4) is 5.82 Å². The van der Waals surface area contributed by atoms with Gasteiger partial charge in [0.15, 0.2) is 11.5 Å². The largest absolute Gasteiger partial charge is 0.336 e. The summed E-state index contributed by atoms with van der Waals surface area (Å²) in [6.07, 6.45) is 5.04. The number of piperazine rings is 1. The SMILES string of the molecule is Cc1nn(-c2ccccn2)c2nc(C3CC3)cc(C(=O)N3CCN(S(C)(=O)=O)CC3)c12. The Bertz CT molecular complexity index is 1260. The number of aryl methyl sites for hydroxylation is 1. The summed E-state index contributed by atoms with van der Waals surface area (Å²) in [5, 5.41) is 5.37. The van der Waals surface area contributed by atoms with Crippen LogP contribution in [-0.4, -0.2) is 75.7 Å². The molecule has 1 saturated heterocycles. The molecular formula is C21H24N6O3S. The van der Waals surface area contributed by atoms with E-state index >= 15 is 0 Å². The standard InChI is InChI=1S/C21H24N6O3S/c1-14-19-16(21(28)25-9-11-26(12-10-25)31(2,29)30)13-17(15-6-7-15)23-20(19)27(24-14)18-5-3-4-8-22-18/h3-5,8,13,15H,6-7,9-12H2,1-2H3. The third kappa shape index (κ3) is 3.70. The second kappa shape index (κ2) is 7.38. The van der Waals surface area contributed by atoms with Crippen LogP contribution in [0.2, 0.25) is 0 Å². The number of nitrogens with zero attached hydrogens (tertiary/aromatic N) is 6. The molecule has 0 spiro atoms. The van der Waals surface area contributed by atoms with E-state index in [1.807, 2.05) is 31.2 Å². The molecule has 1 aliphatic heterocycles. The lowest BCUT2D eigenvalue weighted by atomic mass is 10.1. The van der Waals surface area contributed by atoms with Crippen molar-refractivity contribution in [2.75, 3.05) is 32.4 Å². The number of carbonyl (C=O) groups is 1. The topological polar surface area (TPSA) is 101 Å². The van der Waals surface area contributed by atoms with Crippen LogP contribution in [0.1, 0.15) is 40.5 Å². The van der Waals surface area contributed by atoms with Gasteiger partial charge < -0.3 is 4.90 Å². The average molecular weight is 441 g/mol. The van der Waals surface area contributed by atoms with Gasteiger partial charge in [0.25, 0.3) is 5.91 Å². The molecule has 3 aromatic rings. The molecule has 0 bridgehead atoms. The fourth-order valence-electron chi connectivity index (χ4n) is 4.10. The summed E-state index contributed by atoms with van der Waals surface area (Å²) in [4.78, 5) is 24.5. The Hall–Kier alpha value is -2.85. The zero-order chi connectivity index (χ0) is 21.8. The van der Waals surface area contributed by atoms with Gasteiger partial charge in [0.05, 0.1) is 22.9 Å². The zero-order valence-corrected chi connectivity index (χ0v) is 18.3. The highest BCUT2D eigenvalue weighted by Gasteiger charge is 2.32. The molecule has 162 valence electrons. The van der Waals surface area contributed by atoms with Crippen LogP contribution < -0.4 is 0 Å². The van der Waals surface area contributed by atoms with E-state index in [0.717, 1.165) is 23.9 Å².